The number of benzene rings is 7. The van der Waals surface area contributed by atoms with Crippen molar-refractivity contribution in [2.75, 3.05) is 9.80 Å². The Bertz CT molecular complexity index is 2810. The highest BCUT2D eigenvalue weighted by Gasteiger charge is 2.46. The van der Waals surface area contributed by atoms with Crippen molar-refractivity contribution in [2.24, 2.45) is 0 Å². The molecule has 4 nitrogen and oxygen atoms in total. The summed E-state index contributed by atoms with van der Waals surface area (Å²) in [5.41, 5.74) is 1.45. The zero-order chi connectivity index (χ0) is 41.9. The molecular weight excluding hydrogens is 625 g/mol. The van der Waals surface area contributed by atoms with E-state index in [4.69, 9.17) is 5.48 Å². The van der Waals surface area contributed by atoms with Crippen molar-refractivity contribution < 1.29 is 20.6 Å². The van der Waals surface area contributed by atoms with E-state index in [-0.39, 0.29) is 44.7 Å². The molecule has 2 aliphatic rings. The number of fused-ring (bicyclic) bond motifs is 2. The first-order valence-electron chi connectivity index (χ1n) is 20.8. The fraction of sp³-hybridized carbons (Fsp3) is 0.106. The Balaban J connectivity index is 1.40. The highest BCUT2D eigenvalue weighted by atomic mass is 16.2. The van der Waals surface area contributed by atoms with Crippen LogP contribution in [0.25, 0.3) is 10.8 Å². The number of amides is 2. The average Bonchev–Trinajstić information content (AvgIpc) is 3.24. The summed E-state index contributed by atoms with van der Waals surface area (Å²) in [5.74, 6) is -1.10. The molecule has 9 rings (SSSR count). The number of imide groups is 1. The zero-order valence-electron chi connectivity index (χ0n) is 36.2. The number of anilines is 4. The molecule has 2 amide bonds. The number of para-hydroxylation sites is 2. The molecule has 0 radical (unpaired) electrons. The molecule has 0 bridgehead atoms. The Kier molecular flexibility index (Phi) is 5.18. The van der Waals surface area contributed by atoms with E-state index < -0.39 is 65.6 Å². The van der Waals surface area contributed by atoms with Crippen LogP contribution in [0.3, 0.4) is 0 Å². The Morgan fingerprint density at radius 2 is 1.06 bits per heavy atom. The lowest BCUT2D eigenvalue weighted by Gasteiger charge is -2.46. The third-order valence-electron chi connectivity index (χ3n) is 10.1. The van der Waals surface area contributed by atoms with Crippen LogP contribution in [0, 0.1) is 0 Å². The lowest BCUT2D eigenvalue weighted by atomic mass is 9.62. The van der Waals surface area contributed by atoms with Gasteiger partial charge in [0.1, 0.15) is 0 Å². The largest absolute Gasteiger partial charge is 0.309 e. The van der Waals surface area contributed by atoms with Crippen molar-refractivity contribution in [1.82, 2.24) is 0 Å². The molecule has 0 fully saturated rings. The van der Waals surface area contributed by atoms with Gasteiger partial charge >= 0.3 is 0 Å². The highest BCUT2D eigenvalue weighted by Crippen LogP contribution is 2.58. The molecule has 0 spiro atoms. The minimum atomic E-state index is -1.68. The molecule has 0 saturated heterocycles. The molecular formula is C47H36N2O2. The molecule has 4 heteroatoms. The van der Waals surface area contributed by atoms with Crippen molar-refractivity contribution in [2.45, 2.75) is 31.6 Å². The Morgan fingerprint density at radius 3 is 1.61 bits per heavy atom. The second kappa shape index (κ2) is 11.4. The van der Waals surface area contributed by atoms with Crippen molar-refractivity contribution in [3.05, 3.63) is 203 Å². The molecule has 51 heavy (non-hydrogen) atoms. The van der Waals surface area contributed by atoms with E-state index in [1.54, 1.807) is 103 Å². The van der Waals surface area contributed by atoms with Crippen molar-refractivity contribution >= 4 is 45.3 Å². The maximum atomic E-state index is 14.4. The van der Waals surface area contributed by atoms with Gasteiger partial charge in [-0.15, -0.1) is 0 Å². The summed E-state index contributed by atoms with van der Waals surface area (Å²) in [6.45, 7) is 6.23. The number of hydrogen-bond acceptors (Lipinski definition) is 3. The van der Waals surface area contributed by atoms with Crippen LogP contribution in [-0.4, -0.2) is 11.8 Å². The van der Waals surface area contributed by atoms with Crippen LogP contribution in [-0.2, 0) is 10.8 Å². The maximum absolute atomic E-state index is 14.4. The van der Waals surface area contributed by atoms with Gasteiger partial charge in [-0.25, -0.2) is 4.90 Å². The third-order valence-corrected chi connectivity index (χ3v) is 10.1. The van der Waals surface area contributed by atoms with Crippen LogP contribution < -0.4 is 9.80 Å². The molecule has 0 saturated carbocycles. The van der Waals surface area contributed by atoms with Crippen molar-refractivity contribution in [1.29, 1.82) is 0 Å². The SMILES string of the molecule is [2H]c1c([2H])c([2H])c2c(c1[2H])N(c1ccc3c4c(cccc14)C(=O)N(c1ccc(C(C)(C)C)cc1)C3=O)c1c([2H])c([2H])c([2H])c([2H])c1C2(c1ccccc1)c1ccccc1. The number of carbonyl (C=O) groups is 2. The fourth-order valence-corrected chi connectivity index (χ4v) is 7.71. The van der Waals surface area contributed by atoms with Crippen molar-refractivity contribution in [3.63, 3.8) is 0 Å². The van der Waals surface area contributed by atoms with Gasteiger partial charge in [0.05, 0.1) is 39.1 Å². The standard InChI is InChI=1S/C47H36N2O2/c1-46(2,3)31-25-27-34(28-26-31)48-44(50)36-20-14-19-35-40(30-29-37(43(35)36)45(48)51)49-41-23-12-10-21-38(41)47(32-15-6-4-7-16-32,33-17-8-5-9-18-33)39-22-11-13-24-42(39)49/h4-30H,1-3H3/i10D,11D,12D,13D,21D,22D,23D,24D. The van der Waals surface area contributed by atoms with Gasteiger partial charge in [-0.1, -0.05) is 142 Å². The summed E-state index contributed by atoms with van der Waals surface area (Å²) in [7, 11) is 0. The van der Waals surface area contributed by atoms with E-state index in [9.17, 15) is 15.1 Å². The van der Waals surface area contributed by atoms with E-state index in [0.717, 1.165) is 10.5 Å². The second-order valence-electron chi connectivity index (χ2n) is 13.9. The van der Waals surface area contributed by atoms with Gasteiger partial charge in [0, 0.05) is 21.9 Å². The zero-order valence-corrected chi connectivity index (χ0v) is 28.2. The molecule has 7 aromatic carbocycles. The fourth-order valence-electron chi connectivity index (χ4n) is 7.71. The van der Waals surface area contributed by atoms with Crippen molar-refractivity contribution in [3.8, 4) is 0 Å². The maximum Gasteiger partial charge on any atom is 0.265 e. The molecule has 0 N–H and O–H groups in total. The lowest BCUT2D eigenvalue weighted by Crippen LogP contribution is -2.40. The van der Waals surface area contributed by atoms with Gasteiger partial charge in [0.2, 0.25) is 0 Å². The van der Waals surface area contributed by atoms with Crippen LogP contribution in [0.1, 0.15) is 80.3 Å². The topological polar surface area (TPSA) is 40.6 Å². The molecule has 7 aromatic rings. The lowest BCUT2D eigenvalue weighted by molar-refractivity contribution is 0.0893. The Hall–Kier alpha value is -6.26. The number of rotatable bonds is 4. The minimum absolute atomic E-state index is 0.0315. The minimum Gasteiger partial charge on any atom is -0.309 e. The molecule has 2 aliphatic heterocycles. The summed E-state index contributed by atoms with van der Waals surface area (Å²) in [6.07, 6.45) is 0. The van der Waals surface area contributed by atoms with Crippen LogP contribution in [0.5, 0.6) is 0 Å². The number of nitrogens with zero attached hydrogens (tertiary/aromatic N) is 2. The molecule has 2 heterocycles. The predicted octanol–water partition coefficient (Wildman–Crippen LogP) is 11.1. The van der Waals surface area contributed by atoms with Gasteiger partial charge in [0.25, 0.3) is 11.8 Å². The average molecular weight is 669 g/mol. The summed E-state index contributed by atoms with van der Waals surface area (Å²) in [4.78, 5) is 31.5. The van der Waals surface area contributed by atoms with E-state index in [1.807, 2.05) is 12.1 Å². The van der Waals surface area contributed by atoms with E-state index >= 15 is 0 Å². The van der Waals surface area contributed by atoms with Crippen LogP contribution >= 0.6 is 0 Å². The summed E-state index contributed by atoms with van der Waals surface area (Å²) < 4.78 is 74.5. The quantitative estimate of drug-likeness (QED) is 0.175. The molecule has 0 aromatic heterocycles. The van der Waals surface area contributed by atoms with Crippen LogP contribution in [0.4, 0.5) is 22.7 Å². The van der Waals surface area contributed by atoms with Gasteiger partial charge < -0.3 is 4.90 Å². The first-order valence-corrected chi connectivity index (χ1v) is 16.8. The molecule has 0 unspecified atom stereocenters. The second-order valence-corrected chi connectivity index (χ2v) is 13.9. The molecule has 0 aliphatic carbocycles. The van der Waals surface area contributed by atoms with Gasteiger partial charge in [-0.3, -0.25) is 9.59 Å². The summed E-state index contributed by atoms with van der Waals surface area (Å²) >= 11 is 0. The molecule has 246 valence electrons. The predicted molar refractivity (Wildman–Crippen MR) is 207 cm³/mol. The van der Waals surface area contributed by atoms with E-state index in [2.05, 4.69) is 20.8 Å². The van der Waals surface area contributed by atoms with Crippen LogP contribution in [0.2, 0.25) is 0 Å². The summed E-state index contributed by atoms with van der Waals surface area (Å²) in [5, 5.41) is 0.684. The van der Waals surface area contributed by atoms with E-state index in [1.165, 1.54) is 4.90 Å². The van der Waals surface area contributed by atoms with Gasteiger partial charge in [-0.2, -0.15) is 0 Å². The van der Waals surface area contributed by atoms with Crippen LogP contribution in [0.15, 0.2) is 164 Å². The molecule has 0 atom stereocenters. The monoisotopic (exact) mass is 668 g/mol. The number of hydrogen-bond donors (Lipinski definition) is 0. The van der Waals surface area contributed by atoms with Gasteiger partial charge in [0.15, 0.2) is 0 Å². The Labute approximate surface area is 309 Å². The van der Waals surface area contributed by atoms with Gasteiger partial charge in [-0.05, 0) is 75.6 Å². The Morgan fingerprint density at radius 1 is 0.529 bits per heavy atom. The third kappa shape index (κ3) is 4.46. The number of carbonyl (C=O) groups excluding carboxylic acids is 2. The summed E-state index contributed by atoms with van der Waals surface area (Å²) in [6, 6.07) is 29.6. The first kappa shape index (κ1) is 23.2. The smallest absolute Gasteiger partial charge is 0.265 e. The first-order chi connectivity index (χ1) is 28.1. The normalized spacial score (nSPS) is 16.9. The van der Waals surface area contributed by atoms with E-state index in [0.29, 0.717) is 27.6 Å². The highest BCUT2D eigenvalue weighted by molar-refractivity contribution is 6.36.